The largest absolute Gasteiger partial charge is 0.494 e. The van der Waals surface area contributed by atoms with Gasteiger partial charge in [0.05, 0.1) is 12.3 Å². The molecule has 1 aromatic carbocycles. The van der Waals surface area contributed by atoms with Gasteiger partial charge in [-0.1, -0.05) is 52.9 Å². The van der Waals surface area contributed by atoms with E-state index in [1.807, 2.05) is 59.1 Å². The van der Waals surface area contributed by atoms with Crippen molar-refractivity contribution in [3.05, 3.63) is 34.8 Å². The SMILES string of the molecule is C1CCCC1.CC.CCCOc1ccc(-c2nc(C)c(C(=O)N(C)CCNC)s2)cc1. The van der Waals surface area contributed by atoms with Gasteiger partial charge < -0.3 is 15.0 Å². The van der Waals surface area contributed by atoms with Gasteiger partial charge in [0.25, 0.3) is 5.91 Å². The van der Waals surface area contributed by atoms with Crippen molar-refractivity contribution in [3.63, 3.8) is 0 Å². The maximum Gasteiger partial charge on any atom is 0.265 e. The molecule has 0 unspecified atom stereocenters. The molecule has 1 aromatic heterocycles. The molecule has 31 heavy (non-hydrogen) atoms. The zero-order chi connectivity index (χ0) is 23.1. The second kappa shape index (κ2) is 15.8. The molecule has 1 heterocycles. The van der Waals surface area contributed by atoms with Gasteiger partial charge in [-0.2, -0.15) is 0 Å². The van der Waals surface area contributed by atoms with Crippen molar-refractivity contribution in [3.8, 4) is 16.3 Å². The zero-order valence-electron chi connectivity index (χ0n) is 20.3. The molecule has 5 nitrogen and oxygen atoms in total. The Morgan fingerprint density at radius 2 is 1.71 bits per heavy atom. The van der Waals surface area contributed by atoms with Gasteiger partial charge in [0, 0.05) is 25.7 Å². The van der Waals surface area contributed by atoms with E-state index in [0.717, 1.165) is 35.0 Å². The molecule has 0 spiro atoms. The second-order valence-corrected chi connectivity index (χ2v) is 8.40. The summed E-state index contributed by atoms with van der Waals surface area (Å²) in [4.78, 5) is 19.5. The number of carbonyl (C=O) groups excluding carboxylic acids is 1. The van der Waals surface area contributed by atoms with Crippen molar-refractivity contribution in [1.29, 1.82) is 0 Å². The molecule has 0 bridgehead atoms. The number of hydrogen-bond acceptors (Lipinski definition) is 5. The summed E-state index contributed by atoms with van der Waals surface area (Å²) in [5, 5.41) is 3.91. The molecule has 0 saturated heterocycles. The Morgan fingerprint density at radius 1 is 1.13 bits per heavy atom. The van der Waals surface area contributed by atoms with E-state index in [2.05, 4.69) is 17.2 Å². The molecule has 1 amide bonds. The van der Waals surface area contributed by atoms with Gasteiger partial charge >= 0.3 is 0 Å². The van der Waals surface area contributed by atoms with E-state index in [4.69, 9.17) is 4.74 Å². The first-order valence-corrected chi connectivity index (χ1v) is 12.5. The number of aryl methyl sites for hydroxylation is 1. The average molecular weight is 448 g/mol. The van der Waals surface area contributed by atoms with Crippen molar-refractivity contribution in [2.24, 2.45) is 0 Å². The molecule has 2 aromatic rings. The third kappa shape index (κ3) is 9.40. The summed E-state index contributed by atoms with van der Waals surface area (Å²) < 4.78 is 5.60. The van der Waals surface area contributed by atoms with Crippen LogP contribution in [0.25, 0.3) is 10.6 Å². The molecule has 6 heteroatoms. The molecule has 3 rings (SSSR count). The molecule has 0 radical (unpaired) electrons. The predicted molar refractivity (Wildman–Crippen MR) is 133 cm³/mol. The van der Waals surface area contributed by atoms with Crippen LogP contribution in [0.5, 0.6) is 5.75 Å². The Balaban J connectivity index is 0.000000589. The number of rotatable bonds is 8. The van der Waals surface area contributed by atoms with Crippen LogP contribution in [-0.2, 0) is 0 Å². The Labute approximate surface area is 193 Å². The van der Waals surface area contributed by atoms with Crippen molar-refractivity contribution in [2.75, 3.05) is 33.8 Å². The lowest BCUT2D eigenvalue weighted by atomic mass is 10.2. The van der Waals surface area contributed by atoms with Gasteiger partial charge in [-0.25, -0.2) is 4.98 Å². The monoisotopic (exact) mass is 447 g/mol. The first kappa shape index (κ1) is 27.1. The van der Waals surface area contributed by atoms with Crippen LogP contribution < -0.4 is 10.1 Å². The number of nitrogens with zero attached hydrogens (tertiary/aromatic N) is 2. The molecular formula is C25H41N3O2S. The number of hydrogen-bond donors (Lipinski definition) is 1. The van der Waals surface area contributed by atoms with Crippen molar-refractivity contribution in [1.82, 2.24) is 15.2 Å². The topological polar surface area (TPSA) is 54.5 Å². The smallest absolute Gasteiger partial charge is 0.265 e. The maximum absolute atomic E-state index is 12.5. The number of nitrogens with one attached hydrogen (secondary N) is 1. The van der Waals surface area contributed by atoms with Crippen LogP contribution in [-0.4, -0.2) is 49.6 Å². The van der Waals surface area contributed by atoms with Crippen molar-refractivity contribution >= 4 is 17.2 Å². The summed E-state index contributed by atoms with van der Waals surface area (Å²) in [5.74, 6) is 0.881. The van der Waals surface area contributed by atoms with E-state index in [-0.39, 0.29) is 5.91 Å². The van der Waals surface area contributed by atoms with Gasteiger partial charge in [-0.05, 0) is 44.7 Å². The fraction of sp³-hybridized carbons (Fsp3) is 0.600. The standard InChI is InChI=1S/C18H25N3O2S.C5H10.C2H6/c1-5-12-23-15-8-6-14(7-9-15)17-20-13(2)16(24-17)18(22)21(4)11-10-19-3;1-2-4-5-3-1;1-2/h6-9,19H,5,10-12H2,1-4H3;1-5H2;1-2H3. The van der Waals surface area contributed by atoms with Crippen LogP contribution in [0.3, 0.4) is 0 Å². The number of carbonyl (C=O) groups is 1. The second-order valence-electron chi connectivity index (χ2n) is 7.40. The highest BCUT2D eigenvalue weighted by molar-refractivity contribution is 7.17. The van der Waals surface area contributed by atoms with E-state index >= 15 is 0 Å². The summed E-state index contributed by atoms with van der Waals surface area (Å²) in [6, 6.07) is 7.87. The molecule has 1 aliphatic carbocycles. The predicted octanol–water partition coefficient (Wildman–Crippen LogP) is 6.18. The number of ether oxygens (including phenoxy) is 1. The molecule has 1 saturated carbocycles. The number of aromatic nitrogens is 1. The third-order valence-corrected chi connectivity index (χ3v) is 6.05. The highest BCUT2D eigenvalue weighted by atomic mass is 32.1. The molecule has 1 fully saturated rings. The van der Waals surface area contributed by atoms with E-state index in [1.54, 1.807) is 4.90 Å². The Bertz CT molecular complexity index is 732. The van der Waals surface area contributed by atoms with Crippen LogP contribution in [0.4, 0.5) is 0 Å². The normalized spacial score (nSPS) is 12.3. The van der Waals surface area contributed by atoms with Crippen LogP contribution >= 0.6 is 11.3 Å². The highest BCUT2D eigenvalue weighted by Gasteiger charge is 2.19. The van der Waals surface area contributed by atoms with E-state index < -0.39 is 0 Å². The van der Waals surface area contributed by atoms with Gasteiger partial charge in [-0.15, -0.1) is 11.3 Å². The van der Waals surface area contributed by atoms with E-state index in [0.29, 0.717) is 18.0 Å². The van der Waals surface area contributed by atoms with Gasteiger partial charge in [0.1, 0.15) is 15.6 Å². The summed E-state index contributed by atoms with van der Waals surface area (Å²) in [6.07, 6.45) is 8.49. The van der Waals surface area contributed by atoms with Crippen molar-refractivity contribution < 1.29 is 9.53 Å². The minimum absolute atomic E-state index is 0.0226. The van der Waals surface area contributed by atoms with E-state index in [1.165, 1.54) is 43.4 Å². The number of likely N-dealkylation sites (N-methyl/N-ethyl adjacent to an activating group) is 2. The van der Waals surface area contributed by atoms with Crippen LogP contribution in [0.15, 0.2) is 24.3 Å². The minimum Gasteiger partial charge on any atom is -0.494 e. The summed E-state index contributed by atoms with van der Waals surface area (Å²) in [6.45, 7) is 10.1. The number of thiazole rings is 1. The van der Waals surface area contributed by atoms with Gasteiger partial charge in [0.2, 0.25) is 0 Å². The Morgan fingerprint density at radius 3 is 2.23 bits per heavy atom. The maximum atomic E-state index is 12.5. The lowest BCUT2D eigenvalue weighted by molar-refractivity contribution is 0.0800. The van der Waals surface area contributed by atoms with Crippen LogP contribution in [0.1, 0.15) is 74.7 Å². The van der Waals surface area contributed by atoms with E-state index in [9.17, 15) is 4.79 Å². The quantitative estimate of drug-likeness (QED) is 0.525. The lowest BCUT2D eigenvalue weighted by Crippen LogP contribution is -2.32. The lowest BCUT2D eigenvalue weighted by Gasteiger charge is -2.15. The molecule has 1 N–H and O–H groups in total. The first-order valence-electron chi connectivity index (χ1n) is 11.7. The molecule has 1 aliphatic rings. The Kier molecular flexibility index (Phi) is 13.8. The number of amides is 1. The summed E-state index contributed by atoms with van der Waals surface area (Å²) >= 11 is 1.44. The van der Waals surface area contributed by atoms with Crippen molar-refractivity contribution in [2.45, 2.75) is 66.2 Å². The molecule has 0 aliphatic heterocycles. The zero-order valence-corrected chi connectivity index (χ0v) is 21.1. The molecule has 0 atom stereocenters. The number of benzene rings is 1. The first-order chi connectivity index (χ1) is 15.1. The van der Waals surface area contributed by atoms with Gasteiger partial charge in [-0.3, -0.25) is 4.79 Å². The van der Waals surface area contributed by atoms with Crippen LogP contribution in [0, 0.1) is 6.92 Å². The third-order valence-electron chi connectivity index (χ3n) is 4.86. The van der Waals surface area contributed by atoms with Gasteiger partial charge in [0.15, 0.2) is 0 Å². The summed E-state index contributed by atoms with van der Waals surface area (Å²) in [7, 11) is 3.70. The molecule has 174 valence electrons. The fourth-order valence-electron chi connectivity index (χ4n) is 3.07. The molecular weight excluding hydrogens is 406 g/mol. The van der Waals surface area contributed by atoms with Crippen LogP contribution in [0.2, 0.25) is 0 Å². The fourth-order valence-corrected chi connectivity index (χ4v) is 4.14. The highest BCUT2D eigenvalue weighted by Crippen LogP contribution is 2.30. The average Bonchev–Trinajstić information content (AvgIpc) is 3.51. The minimum atomic E-state index is 0.0226. The Hall–Kier alpha value is -1.92. The summed E-state index contributed by atoms with van der Waals surface area (Å²) in [5.41, 5.74) is 1.78.